The number of carbonyl (C=O) groups excluding carboxylic acids is 1. The van der Waals surface area contributed by atoms with Gasteiger partial charge in [-0.25, -0.2) is 4.39 Å². The first-order valence-electron chi connectivity index (χ1n) is 9.38. The van der Waals surface area contributed by atoms with E-state index >= 15 is 0 Å². The van der Waals surface area contributed by atoms with E-state index in [0.717, 1.165) is 49.4 Å². The molecule has 3 heterocycles. The van der Waals surface area contributed by atoms with Crippen LogP contribution in [0, 0.1) is 18.7 Å². The Hall–Kier alpha value is -2.21. The lowest BCUT2D eigenvalue weighted by Gasteiger charge is -2.29. The van der Waals surface area contributed by atoms with Crippen LogP contribution in [0.25, 0.3) is 0 Å². The van der Waals surface area contributed by atoms with Crippen LogP contribution in [0.15, 0.2) is 24.3 Å². The van der Waals surface area contributed by atoms with E-state index in [1.165, 1.54) is 17.7 Å². The Labute approximate surface area is 153 Å². The average Bonchev–Trinajstić information content (AvgIpc) is 3.25. The molecule has 2 aliphatic heterocycles. The summed E-state index contributed by atoms with van der Waals surface area (Å²) in [6.45, 7) is 6.00. The van der Waals surface area contributed by atoms with Gasteiger partial charge in [-0.1, -0.05) is 12.1 Å². The molecule has 0 bridgehead atoms. The van der Waals surface area contributed by atoms with Crippen LogP contribution in [0.2, 0.25) is 0 Å². The molecule has 1 aromatic carbocycles. The molecule has 1 unspecified atom stereocenters. The molecule has 1 atom stereocenters. The van der Waals surface area contributed by atoms with Gasteiger partial charge in [0.25, 0.3) is 0 Å². The fraction of sp³-hybridized carbons (Fsp3) is 0.500. The standard InChI is InChI=1S/C20H25FN4O/c1-14-18-7-9-24(20(26)10-16-6-8-22-11-16)13-19(18)25(23-14)12-15-2-4-17(21)5-3-15/h2-5,16,22H,6-13H2,1H3. The molecule has 1 amide bonds. The van der Waals surface area contributed by atoms with Gasteiger partial charge in [0.1, 0.15) is 5.82 Å². The lowest BCUT2D eigenvalue weighted by atomic mass is 10.0. The third-order valence-electron chi connectivity index (χ3n) is 5.56. The van der Waals surface area contributed by atoms with E-state index in [2.05, 4.69) is 10.4 Å². The number of hydrogen-bond donors (Lipinski definition) is 1. The van der Waals surface area contributed by atoms with Crippen molar-refractivity contribution in [2.24, 2.45) is 5.92 Å². The number of benzene rings is 1. The maximum Gasteiger partial charge on any atom is 0.223 e. The van der Waals surface area contributed by atoms with Crippen molar-refractivity contribution in [1.29, 1.82) is 0 Å². The SMILES string of the molecule is Cc1nn(Cc2ccc(F)cc2)c2c1CCN(C(=O)CC1CCNC1)C2. The summed E-state index contributed by atoms with van der Waals surface area (Å²) in [7, 11) is 0. The van der Waals surface area contributed by atoms with E-state index in [9.17, 15) is 9.18 Å². The Morgan fingerprint density at radius 3 is 2.88 bits per heavy atom. The number of amides is 1. The Kier molecular flexibility index (Phi) is 4.76. The Morgan fingerprint density at radius 1 is 1.35 bits per heavy atom. The molecule has 2 aromatic rings. The number of carbonyl (C=O) groups is 1. The molecule has 5 nitrogen and oxygen atoms in total. The number of aryl methyl sites for hydroxylation is 1. The van der Waals surface area contributed by atoms with Gasteiger partial charge in [0.15, 0.2) is 0 Å². The molecule has 4 rings (SSSR count). The number of fused-ring (bicyclic) bond motifs is 1. The van der Waals surface area contributed by atoms with E-state index in [1.54, 1.807) is 12.1 Å². The Balaban J connectivity index is 1.50. The summed E-state index contributed by atoms with van der Waals surface area (Å²) in [5.74, 6) is 0.483. The summed E-state index contributed by atoms with van der Waals surface area (Å²) in [5.41, 5.74) is 4.43. The second-order valence-electron chi connectivity index (χ2n) is 7.42. The molecule has 0 saturated carbocycles. The van der Waals surface area contributed by atoms with Crippen LogP contribution in [0.3, 0.4) is 0 Å². The topological polar surface area (TPSA) is 50.2 Å². The van der Waals surface area contributed by atoms with Crippen LogP contribution < -0.4 is 5.32 Å². The largest absolute Gasteiger partial charge is 0.336 e. The highest BCUT2D eigenvalue weighted by Gasteiger charge is 2.28. The Bertz CT molecular complexity index is 793. The smallest absolute Gasteiger partial charge is 0.223 e. The highest BCUT2D eigenvalue weighted by Crippen LogP contribution is 2.25. The van der Waals surface area contributed by atoms with Crippen molar-refractivity contribution in [1.82, 2.24) is 20.0 Å². The van der Waals surface area contributed by atoms with Crippen molar-refractivity contribution in [2.75, 3.05) is 19.6 Å². The van der Waals surface area contributed by atoms with Gasteiger partial charge in [0.2, 0.25) is 5.91 Å². The number of nitrogens with zero attached hydrogens (tertiary/aromatic N) is 3. The predicted octanol–water partition coefficient (Wildman–Crippen LogP) is 2.26. The molecule has 1 N–H and O–H groups in total. The zero-order valence-corrected chi connectivity index (χ0v) is 15.2. The van der Waals surface area contributed by atoms with Crippen LogP contribution in [0.1, 0.15) is 35.4 Å². The minimum atomic E-state index is -0.231. The van der Waals surface area contributed by atoms with Crippen LogP contribution in [0.5, 0.6) is 0 Å². The number of halogens is 1. The number of rotatable bonds is 4. The Morgan fingerprint density at radius 2 is 2.15 bits per heavy atom. The quantitative estimate of drug-likeness (QED) is 0.914. The molecule has 1 saturated heterocycles. The van der Waals surface area contributed by atoms with Crippen molar-refractivity contribution in [3.63, 3.8) is 0 Å². The first kappa shape index (κ1) is 17.2. The molecule has 0 radical (unpaired) electrons. The van der Waals surface area contributed by atoms with Crippen LogP contribution in [-0.4, -0.2) is 40.2 Å². The second kappa shape index (κ2) is 7.19. The summed E-state index contributed by atoms with van der Waals surface area (Å²) in [6.07, 6.45) is 2.58. The molecular formula is C20H25FN4O. The van der Waals surface area contributed by atoms with Gasteiger partial charge in [-0.15, -0.1) is 0 Å². The maximum atomic E-state index is 13.1. The molecule has 0 aliphatic carbocycles. The van der Waals surface area contributed by atoms with Crippen molar-refractivity contribution in [3.05, 3.63) is 52.6 Å². The van der Waals surface area contributed by atoms with Crippen LogP contribution in [0.4, 0.5) is 4.39 Å². The highest BCUT2D eigenvalue weighted by molar-refractivity contribution is 5.76. The molecule has 6 heteroatoms. The van der Waals surface area contributed by atoms with Crippen LogP contribution >= 0.6 is 0 Å². The number of nitrogens with one attached hydrogen (secondary N) is 1. The minimum Gasteiger partial charge on any atom is -0.336 e. The molecule has 2 aliphatic rings. The molecule has 138 valence electrons. The molecule has 0 spiro atoms. The van der Waals surface area contributed by atoms with Crippen molar-refractivity contribution in [3.8, 4) is 0 Å². The van der Waals surface area contributed by atoms with Gasteiger partial charge >= 0.3 is 0 Å². The molecule has 26 heavy (non-hydrogen) atoms. The van der Waals surface area contributed by atoms with Gasteiger partial charge in [0, 0.05) is 13.0 Å². The third-order valence-corrected chi connectivity index (χ3v) is 5.56. The summed E-state index contributed by atoms with van der Waals surface area (Å²) in [6, 6.07) is 6.53. The van der Waals surface area contributed by atoms with E-state index < -0.39 is 0 Å². The first-order valence-corrected chi connectivity index (χ1v) is 9.38. The van der Waals surface area contributed by atoms with Crippen molar-refractivity contribution in [2.45, 2.75) is 39.3 Å². The molecule has 1 fully saturated rings. The zero-order valence-electron chi connectivity index (χ0n) is 15.2. The minimum absolute atomic E-state index is 0.231. The molecular weight excluding hydrogens is 331 g/mol. The highest BCUT2D eigenvalue weighted by atomic mass is 19.1. The maximum absolute atomic E-state index is 13.1. The van der Waals surface area contributed by atoms with E-state index in [4.69, 9.17) is 0 Å². The zero-order chi connectivity index (χ0) is 18.1. The normalized spacial score (nSPS) is 19.6. The lowest BCUT2D eigenvalue weighted by Crippen LogP contribution is -2.37. The van der Waals surface area contributed by atoms with E-state index in [0.29, 0.717) is 25.4 Å². The van der Waals surface area contributed by atoms with Crippen molar-refractivity contribution >= 4 is 5.91 Å². The van der Waals surface area contributed by atoms with Gasteiger partial charge in [-0.05, 0) is 62.0 Å². The summed E-state index contributed by atoms with van der Waals surface area (Å²) < 4.78 is 15.1. The monoisotopic (exact) mass is 356 g/mol. The second-order valence-corrected chi connectivity index (χ2v) is 7.42. The molecule has 1 aromatic heterocycles. The van der Waals surface area contributed by atoms with E-state index in [-0.39, 0.29) is 11.7 Å². The van der Waals surface area contributed by atoms with Gasteiger partial charge in [0.05, 0.1) is 24.5 Å². The number of hydrogen-bond acceptors (Lipinski definition) is 3. The van der Waals surface area contributed by atoms with Crippen molar-refractivity contribution < 1.29 is 9.18 Å². The fourth-order valence-corrected chi connectivity index (χ4v) is 4.05. The van der Waals surface area contributed by atoms with Gasteiger partial charge in [-0.2, -0.15) is 5.10 Å². The predicted molar refractivity (Wildman–Crippen MR) is 97.2 cm³/mol. The third kappa shape index (κ3) is 3.51. The lowest BCUT2D eigenvalue weighted by molar-refractivity contribution is -0.133. The van der Waals surface area contributed by atoms with Gasteiger partial charge < -0.3 is 10.2 Å². The summed E-state index contributed by atoms with van der Waals surface area (Å²) in [5, 5.41) is 8.01. The average molecular weight is 356 g/mol. The summed E-state index contributed by atoms with van der Waals surface area (Å²) in [4.78, 5) is 14.7. The van der Waals surface area contributed by atoms with Gasteiger partial charge in [-0.3, -0.25) is 9.48 Å². The fourth-order valence-electron chi connectivity index (χ4n) is 4.05. The first-order chi connectivity index (χ1) is 12.6. The van der Waals surface area contributed by atoms with Crippen LogP contribution in [-0.2, 0) is 24.3 Å². The van der Waals surface area contributed by atoms with E-state index in [1.807, 2.05) is 16.5 Å². The number of aromatic nitrogens is 2. The summed E-state index contributed by atoms with van der Waals surface area (Å²) >= 11 is 0.